The van der Waals surface area contributed by atoms with Crippen LogP contribution in [0.3, 0.4) is 0 Å². The predicted octanol–water partition coefficient (Wildman–Crippen LogP) is -0.286. The molecule has 0 aliphatic carbocycles. The number of carbonyl (C=O) groups is 1. The molecule has 1 aliphatic rings. The minimum Gasteiger partial charge on any atom is -0.497 e. The molecule has 2 rings (SSSR count). The number of ether oxygens (including phenoxy) is 1. The lowest BCUT2D eigenvalue weighted by molar-refractivity contribution is -0.661. The van der Waals surface area contributed by atoms with Crippen molar-refractivity contribution in [1.82, 2.24) is 4.90 Å². The average molecular weight is 221 g/mol. The molecule has 0 spiro atoms. The van der Waals surface area contributed by atoms with Crippen molar-refractivity contribution in [2.45, 2.75) is 0 Å². The Bertz CT molecular complexity index is 373. The summed E-state index contributed by atoms with van der Waals surface area (Å²) >= 11 is 0. The fraction of sp³-hybridized carbons (Fsp3) is 0.417. The fourth-order valence-electron chi connectivity index (χ4n) is 1.89. The highest BCUT2D eigenvalue weighted by Gasteiger charge is 2.19. The van der Waals surface area contributed by atoms with E-state index in [1.165, 1.54) is 0 Å². The number of benzene rings is 1. The first-order valence-electron chi connectivity index (χ1n) is 5.56. The maximum atomic E-state index is 12.1. The number of amides is 1. The van der Waals surface area contributed by atoms with Gasteiger partial charge in [0.2, 0.25) is 0 Å². The third-order valence-corrected chi connectivity index (χ3v) is 2.81. The zero-order valence-corrected chi connectivity index (χ0v) is 9.48. The van der Waals surface area contributed by atoms with Crippen molar-refractivity contribution in [1.29, 1.82) is 0 Å². The van der Waals surface area contributed by atoms with E-state index in [0.29, 0.717) is 5.56 Å². The molecule has 1 saturated heterocycles. The SMILES string of the molecule is COc1cccc(C(=O)N2CC[NH2+]CC2)c1. The number of hydrogen-bond acceptors (Lipinski definition) is 2. The Balaban J connectivity index is 2.12. The van der Waals surface area contributed by atoms with Crippen LogP contribution in [0, 0.1) is 0 Å². The van der Waals surface area contributed by atoms with Gasteiger partial charge in [0.25, 0.3) is 5.91 Å². The lowest BCUT2D eigenvalue weighted by atomic mass is 10.2. The highest BCUT2D eigenvalue weighted by molar-refractivity contribution is 5.94. The number of nitrogens with two attached hydrogens (primary N) is 1. The number of quaternary nitrogens is 1. The van der Waals surface area contributed by atoms with Crippen molar-refractivity contribution >= 4 is 5.91 Å². The molecule has 0 unspecified atom stereocenters. The molecule has 2 N–H and O–H groups in total. The Morgan fingerprint density at radius 2 is 2.12 bits per heavy atom. The number of piperazine rings is 1. The summed E-state index contributed by atoms with van der Waals surface area (Å²) in [6.07, 6.45) is 0. The molecule has 1 fully saturated rings. The molecule has 1 aliphatic heterocycles. The summed E-state index contributed by atoms with van der Waals surface area (Å²) in [5, 5.41) is 2.23. The van der Waals surface area contributed by atoms with Gasteiger partial charge in [-0.2, -0.15) is 0 Å². The van der Waals surface area contributed by atoms with Crippen molar-refractivity contribution in [3.8, 4) is 5.75 Å². The van der Waals surface area contributed by atoms with Gasteiger partial charge in [-0.15, -0.1) is 0 Å². The minimum absolute atomic E-state index is 0.104. The molecule has 1 heterocycles. The van der Waals surface area contributed by atoms with Gasteiger partial charge < -0.3 is 15.0 Å². The van der Waals surface area contributed by atoms with Crippen LogP contribution >= 0.6 is 0 Å². The van der Waals surface area contributed by atoms with Crippen LogP contribution < -0.4 is 10.1 Å². The zero-order chi connectivity index (χ0) is 11.4. The first kappa shape index (κ1) is 11.0. The Morgan fingerprint density at radius 3 is 2.81 bits per heavy atom. The van der Waals surface area contributed by atoms with E-state index >= 15 is 0 Å². The largest absolute Gasteiger partial charge is 0.497 e. The van der Waals surface area contributed by atoms with Crippen molar-refractivity contribution in [2.24, 2.45) is 0 Å². The summed E-state index contributed by atoms with van der Waals surface area (Å²) in [6, 6.07) is 7.33. The Labute approximate surface area is 95.2 Å². The van der Waals surface area contributed by atoms with Crippen LogP contribution in [-0.2, 0) is 0 Å². The van der Waals surface area contributed by atoms with Gasteiger partial charge in [0, 0.05) is 5.56 Å². The number of rotatable bonds is 2. The van der Waals surface area contributed by atoms with Crippen LogP contribution in [0.5, 0.6) is 5.75 Å². The lowest BCUT2D eigenvalue weighted by Gasteiger charge is -2.25. The summed E-state index contributed by atoms with van der Waals surface area (Å²) in [5.41, 5.74) is 0.709. The van der Waals surface area contributed by atoms with E-state index in [0.717, 1.165) is 31.9 Å². The van der Waals surface area contributed by atoms with E-state index in [1.807, 2.05) is 23.1 Å². The topological polar surface area (TPSA) is 46.1 Å². The molecule has 1 amide bonds. The van der Waals surface area contributed by atoms with Gasteiger partial charge in [-0.25, -0.2) is 0 Å². The molecule has 0 saturated carbocycles. The quantitative estimate of drug-likeness (QED) is 0.746. The molecule has 4 nitrogen and oxygen atoms in total. The molecule has 0 atom stereocenters. The summed E-state index contributed by atoms with van der Waals surface area (Å²) in [6.45, 7) is 3.65. The van der Waals surface area contributed by atoms with Crippen molar-refractivity contribution < 1.29 is 14.8 Å². The Morgan fingerprint density at radius 1 is 1.38 bits per heavy atom. The monoisotopic (exact) mass is 221 g/mol. The average Bonchev–Trinajstić information content (AvgIpc) is 2.39. The van der Waals surface area contributed by atoms with E-state index in [1.54, 1.807) is 13.2 Å². The van der Waals surface area contributed by atoms with Gasteiger partial charge in [0.15, 0.2) is 0 Å². The molecular weight excluding hydrogens is 204 g/mol. The fourth-order valence-corrected chi connectivity index (χ4v) is 1.89. The standard InChI is InChI=1S/C12H16N2O2/c1-16-11-4-2-3-10(9-11)12(15)14-7-5-13-6-8-14/h2-4,9,13H,5-8H2,1H3/p+1. The first-order chi connectivity index (χ1) is 7.81. The highest BCUT2D eigenvalue weighted by Crippen LogP contribution is 2.14. The Hall–Kier alpha value is -1.55. The predicted molar refractivity (Wildman–Crippen MR) is 60.6 cm³/mol. The second-order valence-electron chi connectivity index (χ2n) is 3.89. The third-order valence-electron chi connectivity index (χ3n) is 2.81. The second-order valence-corrected chi connectivity index (χ2v) is 3.89. The van der Waals surface area contributed by atoms with Crippen LogP contribution in [0.2, 0.25) is 0 Å². The summed E-state index contributed by atoms with van der Waals surface area (Å²) in [5.74, 6) is 0.835. The molecule has 1 aromatic carbocycles. The van der Waals surface area contributed by atoms with Crippen LogP contribution in [0.15, 0.2) is 24.3 Å². The molecule has 86 valence electrons. The molecule has 0 aromatic heterocycles. The molecule has 1 aromatic rings. The van der Waals surface area contributed by atoms with Gasteiger partial charge in [0.1, 0.15) is 5.75 Å². The van der Waals surface area contributed by atoms with Crippen LogP contribution in [0.1, 0.15) is 10.4 Å². The summed E-state index contributed by atoms with van der Waals surface area (Å²) < 4.78 is 5.12. The first-order valence-corrected chi connectivity index (χ1v) is 5.56. The summed E-state index contributed by atoms with van der Waals surface area (Å²) in [7, 11) is 1.61. The molecule has 0 radical (unpaired) electrons. The maximum Gasteiger partial charge on any atom is 0.254 e. The van der Waals surface area contributed by atoms with Gasteiger partial charge >= 0.3 is 0 Å². The van der Waals surface area contributed by atoms with Crippen LogP contribution in [-0.4, -0.2) is 44.1 Å². The maximum absolute atomic E-state index is 12.1. The number of hydrogen-bond donors (Lipinski definition) is 1. The van der Waals surface area contributed by atoms with Gasteiger partial charge in [-0.3, -0.25) is 4.79 Å². The van der Waals surface area contributed by atoms with Crippen molar-refractivity contribution in [3.05, 3.63) is 29.8 Å². The number of methoxy groups -OCH3 is 1. The van der Waals surface area contributed by atoms with E-state index in [9.17, 15) is 4.79 Å². The molecule has 0 bridgehead atoms. The third kappa shape index (κ3) is 2.33. The van der Waals surface area contributed by atoms with Gasteiger partial charge in [-0.1, -0.05) is 6.07 Å². The normalized spacial score (nSPS) is 15.9. The van der Waals surface area contributed by atoms with E-state index in [2.05, 4.69) is 5.32 Å². The minimum atomic E-state index is 0.104. The summed E-state index contributed by atoms with van der Waals surface area (Å²) in [4.78, 5) is 14.0. The van der Waals surface area contributed by atoms with Crippen LogP contribution in [0.25, 0.3) is 0 Å². The smallest absolute Gasteiger partial charge is 0.254 e. The van der Waals surface area contributed by atoms with Crippen molar-refractivity contribution in [2.75, 3.05) is 33.3 Å². The molecule has 4 heteroatoms. The van der Waals surface area contributed by atoms with Crippen LogP contribution in [0.4, 0.5) is 0 Å². The second kappa shape index (κ2) is 4.99. The van der Waals surface area contributed by atoms with E-state index in [-0.39, 0.29) is 5.91 Å². The van der Waals surface area contributed by atoms with E-state index < -0.39 is 0 Å². The van der Waals surface area contributed by atoms with Crippen molar-refractivity contribution in [3.63, 3.8) is 0 Å². The lowest BCUT2D eigenvalue weighted by Crippen LogP contribution is -2.89. The van der Waals surface area contributed by atoms with Gasteiger partial charge in [0.05, 0.1) is 33.3 Å². The van der Waals surface area contributed by atoms with E-state index in [4.69, 9.17) is 4.74 Å². The molecular formula is C12H17N2O2+. The highest BCUT2D eigenvalue weighted by atomic mass is 16.5. The number of nitrogens with zero attached hydrogens (tertiary/aromatic N) is 1. The Kier molecular flexibility index (Phi) is 3.41. The number of carbonyl (C=O) groups excluding carboxylic acids is 1. The zero-order valence-electron chi connectivity index (χ0n) is 9.48. The van der Waals surface area contributed by atoms with Gasteiger partial charge in [-0.05, 0) is 18.2 Å². The molecule has 16 heavy (non-hydrogen) atoms.